The first-order chi connectivity index (χ1) is 7.66. The number of nitrogens with one attached hydrogen (secondary N) is 1. The SMILES string of the molecule is CC(C)NS(=O)(=O)c1cn(C)c(C(=O)O)c1F. The molecule has 0 spiro atoms. The zero-order chi connectivity index (χ0) is 13.4. The van der Waals surface area contributed by atoms with E-state index in [-0.39, 0.29) is 0 Å². The molecule has 96 valence electrons. The maximum absolute atomic E-state index is 13.7. The van der Waals surface area contributed by atoms with Crippen LogP contribution in [0.15, 0.2) is 11.1 Å². The first-order valence-electron chi connectivity index (χ1n) is 4.77. The van der Waals surface area contributed by atoms with E-state index in [1.165, 1.54) is 7.05 Å². The van der Waals surface area contributed by atoms with Gasteiger partial charge in [-0.25, -0.2) is 22.3 Å². The van der Waals surface area contributed by atoms with Crippen molar-refractivity contribution in [2.45, 2.75) is 24.8 Å². The zero-order valence-corrected chi connectivity index (χ0v) is 10.4. The van der Waals surface area contributed by atoms with E-state index in [4.69, 9.17) is 5.11 Å². The predicted molar refractivity (Wildman–Crippen MR) is 57.8 cm³/mol. The molecule has 0 fully saturated rings. The third kappa shape index (κ3) is 2.64. The number of sulfonamides is 1. The van der Waals surface area contributed by atoms with Crippen molar-refractivity contribution in [3.05, 3.63) is 17.7 Å². The van der Waals surface area contributed by atoms with E-state index in [1.54, 1.807) is 13.8 Å². The van der Waals surface area contributed by atoms with E-state index in [2.05, 4.69) is 4.72 Å². The number of aryl methyl sites for hydroxylation is 1. The van der Waals surface area contributed by atoms with E-state index >= 15 is 0 Å². The number of hydrogen-bond acceptors (Lipinski definition) is 3. The van der Waals surface area contributed by atoms with Crippen molar-refractivity contribution in [1.29, 1.82) is 0 Å². The third-order valence-electron chi connectivity index (χ3n) is 1.97. The standard InChI is InChI=1S/C9H13FN2O4S/c1-5(2)11-17(15,16)6-4-12(3)8(7(6)10)9(13)14/h4-5,11H,1-3H3,(H,13,14). The van der Waals surface area contributed by atoms with Gasteiger partial charge in [0.15, 0.2) is 11.5 Å². The molecule has 0 aromatic carbocycles. The molecule has 0 saturated carbocycles. The second kappa shape index (κ2) is 4.46. The van der Waals surface area contributed by atoms with Crippen LogP contribution in [0.4, 0.5) is 4.39 Å². The van der Waals surface area contributed by atoms with E-state index in [9.17, 15) is 17.6 Å². The highest BCUT2D eigenvalue weighted by atomic mass is 32.2. The van der Waals surface area contributed by atoms with Gasteiger partial charge in [0.05, 0.1) is 0 Å². The molecule has 0 amide bonds. The first kappa shape index (κ1) is 13.7. The highest BCUT2D eigenvalue weighted by Crippen LogP contribution is 2.20. The molecule has 0 bridgehead atoms. The molecule has 0 aliphatic carbocycles. The zero-order valence-electron chi connectivity index (χ0n) is 9.56. The van der Waals surface area contributed by atoms with E-state index < -0.39 is 38.4 Å². The van der Waals surface area contributed by atoms with Crippen molar-refractivity contribution in [2.75, 3.05) is 0 Å². The van der Waals surface area contributed by atoms with Gasteiger partial charge < -0.3 is 9.67 Å². The van der Waals surface area contributed by atoms with E-state index in [0.29, 0.717) is 0 Å². The summed E-state index contributed by atoms with van der Waals surface area (Å²) in [5.41, 5.74) is -0.686. The number of carboxylic acid groups (broad SMARTS) is 1. The molecular formula is C9H13FN2O4S. The molecular weight excluding hydrogens is 251 g/mol. The molecule has 8 heteroatoms. The van der Waals surface area contributed by atoms with Crippen molar-refractivity contribution in [3.63, 3.8) is 0 Å². The molecule has 6 nitrogen and oxygen atoms in total. The molecule has 0 aliphatic heterocycles. The number of nitrogens with zero attached hydrogens (tertiary/aromatic N) is 1. The average molecular weight is 264 g/mol. The van der Waals surface area contributed by atoms with Crippen LogP contribution in [0, 0.1) is 5.82 Å². The minimum Gasteiger partial charge on any atom is -0.476 e. The largest absolute Gasteiger partial charge is 0.476 e. The number of carbonyl (C=O) groups is 1. The lowest BCUT2D eigenvalue weighted by Gasteiger charge is -2.07. The Kier molecular flexibility index (Phi) is 3.58. The fourth-order valence-electron chi connectivity index (χ4n) is 1.37. The molecule has 1 aromatic heterocycles. The summed E-state index contributed by atoms with van der Waals surface area (Å²) in [6.45, 7) is 3.16. The van der Waals surface area contributed by atoms with Gasteiger partial charge in [0.25, 0.3) is 0 Å². The molecule has 1 rings (SSSR count). The highest BCUT2D eigenvalue weighted by molar-refractivity contribution is 7.89. The summed E-state index contributed by atoms with van der Waals surface area (Å²) >= 11 is 0. The van der Waals surface area contributed by atoms with Crippen molar-refractivity contribution in [3.8, 4) is 0 Å². The van der Waals surface area contributed by atoms with Gasteiger partial charge in [-0.1, -0.05) is 0 Å². The Morgan fingerprint density at radius 3 is 2.41 bits per heavy atom. The smallest absolute Gasteiger partial charge is 0.355 e. The van der Waals surface area contributed by atoms with Crippen molar-refractivity contribution in [1.82, 2.24) is 9.29 Å². The average Bonchev–Trinajstić information content (AvgIpc) is 2.39. The van der Waals surface area contributed by atoms with Gasteiger partial charge in [0, 0.05) is 19.3 Å². The monoisotopic (exact) mass is 264 g/mol. The summed E-state index contributed by atoms with van der Waals surface area (Å²) < 4.78 is 40.2. The summed E-state index contributed by atoms with van der Waals surface area (Å²) in [6, 6.07) is -0.409. The topological polar surface area (TPSA) is 88.4 Å². The molecule has 0 aliphatic rings. The Labute approximate surface area is 98.1 Å². The Bertz CT molecular complexity index is 548. The van der Waals surface area contributed by atoms with Crippen LogP contribution < -0.4 is 4.72 Å². The molecule has 2 N–H and O–H groups in total. The van der Waals surface area contributed by atoms with Crippen LogP contribution in [-0.2, 0) is 17.1 Å². The van der Waals surface area contributed by atoms with Gasteiger partial charge in [0.2, 0.25) is 10.0 Å². The van der Waals surface area contributed by atoms with Crippen LogP contribution in [0.3, 0.4) is 0 Å². The van der Waals surface area contributed by atoms with Crippen molar-refractivity contribution < 1.29 is 22.7 Å². The van der Waals surface area contributed by atoms with E-state index in [1.807, 2.05) is 0 Å². The summed E-state index contributed by atoms with van der Waals surface area (Å²) in [6.07, 6.45) is 0.934. The lowest BCUT2D eigenvalue weighted by Crippen LogP contribution is -2.30. The predicted octanol–water partition coefficient (Wildman–Crippen LogP) is 0.549. The lowest BCUT2D eigenvalue weighted by molar-refractivity contribution is 0.0681. The van der Waals surface area contributed by atoms with Gasteiger partial charge in [-0.3, -0.25) is 0 Å². The molecule has 0 saturated heterocycles. The molecule has 0 unspecified atom stereocenters. The Morgan fingerprint density at radius 2 is 2.06 bits per heavy atom. The molecule has 0 atom stereocenters. The Morgan fingerprint density at radius 1 is 1.53 bits per heavy atom. The van der Waals surface area contributed by atoms with Crippen molar-refractivity contribution in [2.24, 2.45) is 7.05 Å². The maximum atomic E-state index is 13.7. The van der Waals surface area contributed by atoms with Crippen LogP contribution in [0.2, 0.25) is 0 Å². The second-order valence-electron chi connectivity index (χ2n) is 3.85. The Hall–Kier alpha value is -1.41. The van der Waals surface area contributed by atoms with Crippen LogP contribution in [0.25, 0.3) is 0 Å². The van der Waals surface area contributed by atoms with Crippen LogP contribution in [0.5, 0.6) is 0 Å². The summed E-state index contributed by atoms with van der Waals surface area (Å²) in [7, 11) is -2.77. The van der Waals surface area contributed by atoms with E-state index in [0.717, 1.165) is 10.8 Å². The van der Waals surface area contributed by atoms with Gasteiger partial charge in [0.1, 0.15) is 4.90 Å². The van der Waals surface area contributed by atoms with Gasteiger partial charge in [-0.05, 0) is 13.8 Å². The van der Waals surface area contributed by atoms with Crippen LogP contribution in [-0.4, -0.2) is 30.1 Å². The molecule has 0 radical (unpaired) electrons. The van der Waals surface area contributed by atoms with Crippen LogP contribution >= 0.6 is 0 Å². The molecule has 17 heavy (non-hydrogen) atoms. The fraction of sp³-hybridized carbons (Fsp3) is 0.444. The first-order valence-corrected chi connectivity index (χ1v) is 6.25. The normalized spacial score (nSPS) is 12.1. The Balaban J connectivity index is 3.35. The number of halogens is 1. The fourth-order valence-corrected chi connectivity index (χ4v) is 2.75. The number of carboxylic acids is 1. The maximum Gasteiger partial charge on any atom is 0.355 e. The highest BCUT2D eigenvalue weighted by Gasteiger charge is 2.28. The second-order valence-corrected chi connectivity index (χ2v) is 5.53. The molecule has 1 heterocycles. The minimum atomic E-state index is -4.03. The summed E-state index contributed by atoms with van der Waals surface area (Å²) in [5, 5.41) is 8.73. The number of aromatic carboxylic acids is 1. The van der Waals surface area contributed by atoms with Crippen LogP contribution in [0.1, 0.15) is 24.3 Å². The summed E-state index contributed by atoms with van der Waals surface area (Å²) in [5.74, 6) is -2.77. The van der Waals surface area contributed by atoms with Gasteiger partial charge in [-0.2, -0.15) is 0 Å². The van der Waals surface area contributed by atoms with Gasteiger partial charge >= 0.3 is 5.97 Å². The lowest BCUT2D eigenvalue weighted by atomic mass is 10.4. The number of rotatable bonds is 4. The minimum absolute atomic E-state index is 0.409. The number of aromatic nitrogens is 1. The molecule has 1 aromatic rings. The third-order valence-corrected chi connectivity index (χ3v) is 3.62. The number of hydrogen-bond donors (Lipinski definition) is 2. The van der Waals surface area contributed by atoms with Gasteiger partial charge in [-0.15, -0.1) is 0 Å². The summed E-state index contributed by atoms with van der Waals surface area (Å²) in [4.78, 5) is 10.1. The quantitative estimate of drug-likeness (QED) is 0.831. The van der Waals surface area contributed by atoms with Crippen molar-refractivity contribution >= 4 is 16.0 Å².